The Morgan fingerprint density at radius 1 is 1.19 bits per heavy atom. The smallest absolute Gasteiger partial charge is 0.862 e. The Balaban J connectivity index is -0.00000162. The first kappa shape index (κ1) is 26.1. The zero-order valence-electron chi connectivity index (χ0n) is 13.0. The number of hydrogen-bond acceptors (Lipinski definition) is 5. The maximum Gasteiger partial charge on any atom is 1.00 e. The quantitative estimate of drug-likeness (QED) is 0.142. The van der Waals surface area contributed by atoms with Gasteiger partial charge in [-0.2, -0.15) is 0 Å². The van der Waals surface area contributed by atoms with Gasteiger partial charge in [0.15, 0.2) is 0 Å². The van der Waals surface area contributed by atoms with Gasteiger partial charge in [-0.05, 0) is 44.4 Å². The van der Waals surface area contributed by atoms with Gasteiger partial charge in [-0.15, -0.1) is 0 Å². The fraction of sp³-hybridized carbons (Fsp3) is 0.615. The summed E-state index contributed by atoms with van der Waals surface area (Å²) >= 11 is 0. The Labute approximate surface area is 169 Å². The molecule has 21 heavy (non-hydrogen) atoms. The molecule has 0 spiro atoms. The van der Waals surface area contributed by atoms with Gasteiger partial charge in [0, 0.05) is 5.97 Å². The zero-order chi connectivity index (χ0) is 14.7. The number of carboxylic acids is 2. The number of carboxylic acid groups (broad SMARTS) is 2. The van der Waals surface area contributed by atoms with Crippen LogP contribution < -0.4 is 69.3 Å². The first-order valence-electron chi connectivity index (χ1n) is 6.28. The van der Waals surface area contributed by atoms with Crippen LogP contribution in [0.15, 0.2) is 17.1 Å². The van der Waals surface area contributed by atoms with E-state index in [1.807, 2.05) is 19.1 Å². The summed E-state index contributed by atoms with van der Waals surface area (Å²) in [5, 5.41) is 30.5. The summed E-state index contributed by atoms with van der Waals surface area (Å²) in [6, 6.07) is -1.29. The molecule has 1 atom stereocenters. The molecule has 0 saturated heterocycles. The molecule has 1 N–H and O–H groups in total. The molecule has 0 fully saturated rings. The normalized spacial score (nSPS) is 12.3. The number of allylic oxidation sites excluding steroid dienone is 2. The minimum atomic E-state index is -1.35. The standard InChI is InChI=1S/C13H21NO5.2Na/c1-2-3-4-5-6-7-11(15)14-10(13(18)19)8-9-12(16)17;;/h3-4,10H,2,5-9H2,1H3,(H,14,15)(H,16,17)(H,18,19);;/q;2*+1/p-2/b4-3+;;/t10-;;/m0../s1. The van der Waals surface area contributed by atoms with Gasteiger partial charge in [0.05, 0.1) is 0 Å². The van der Waals surface area contributed by atoms with Crippen LogP contribution in [0.4, 0.5) is 0 Å². The first-order valence-corrected chi connectivity index (χ1v) is 6.28. The molecule has 0 aliphatic rings. The van der Waals surface area contributed by atoms with Gasteiger partial charge in [0.25, 0.3) is 0 Å². The van der Waals surface area contributed by atoms with Crippen LogP contribution in [-0.2, 0) is 9.59 Å². The number of carbonyl (C=O) groups excluding carboxylic acids is 1. The molecule has 0 aromatic rings. The van der Waals surface area contributed by atoms with E-state index in [1.165, 1.54) is 0 Å². The SMILES string of the molecule is CC/C=C/CCCC([O-])=N[C@@H](CCC(=O)[O-])C(=O)O.[Na+].[Na+]. The summed E-state index contributed by atoms with van der Waals surface area (Å²) in [7, 11) is 0. The van der Waals surface area contributed by atoms with E-state index in [-0.39, 0.29) is 72.0 Å². The summed E-state index contributed by atoms with van der Waals surface area (Å²) in [5.74, 6) is -3.14. The molecule has 0 heterocycles. The molecule has 0 radical (unpaired) electrons. The molecule has 0 aliphatic carbocycles. The van der Waals surface area contributed by atoms with E-state index in [1.54, 1.807) is 0 Å². The van der Waals surface area contributed by atoms with E-state index in [0.717, 1.165) is 12.8 Å². The van der Waals surface area contributed by atoms with E-state index in [9.17, 15) is 19.8 Å². The van der Waals surface area contributed by atoms with Crippen molar-refractivity contribution in [3.63, 3.8) is 0 Å². The van der Waals surface area contributed by atoms with Crippen molar-refractivity contribution in [2.75, 3.05) is 0 Å². The number of carbonyl (C=O) groups is 2. The average Bonchev–Trinajstić information content (AvgIpc) is 2.33. The Bertz CT molecular complexity index is 358. The summed E-state index contributed by atoms with van der Waals surface area (Å²) < 4.78 is 0. The van der Waals surface area contributed by atoms with E-state index >= 15 is 0 Å². The van der Waals surface area contributed by atoms with Crippen molar-refractivity contribution in [3.05, 3.63) is 12.2 Å². The summed E-state index contributed by atoms with van der Waals surface area (Å²) in [6.45, 7) is 2.01. The maximum atomic E-state index is 11.4. The molecule has 108 valence electrons. The van der Waals surface area contributed by atoms with E-state index in [2.05, 4.69) is 4.99 Å². The third-order valence-corrected chi connectivity index (χ3v) is 2.37. The minimum absolute atomic E-state index is 0. The largest absolute Gasteiger partial charge is 1.00 e. The second-order valence-electron chi connectivity index (χ2n) is 4.06. The molecule has 0 aromatic carbocycles. The molecule has 0 aromatic heterocycles. The van der Waals surface area contributed by atoms with Crippen LogP contribution in [-0.4, -0.2) is 29.0 Å². The van der Waals surface area contributed by atoms with Gasteiger partial charge < -0.3 is 20.1 Å². The predicted molar refractivity (Wildman–Crippen MR) is 66.4 cm³/mol. The van der Waals surface area contributed by atoms with Crippen LogP contribution in [0.1, 0.15) is 45.4 Å². The molecule has 0 saturated carbocycles. The molecule has 0 amide bonds. The number of nitrogens with zero attached hydrogens (tertiary/aromatic N) is 1. The van der Waals surface area contributed by atoms with Gasteiger partial charge in [0.1, 0.15) is 6.04 Å². The van der Waals surface area contributed by atoms with Gasteiger partial charge in [-0.25, -0.2) is 4.79 Å². The molecule has 0 bridgehead atoms. The number of hydrogen-bond donors (Lipinski definition) is 1. The second kappa shape index (κ2) is 16.5. The van der Waals surface area contributed by atoms with Gasteiger partial charge in [0.2, 0.25) is 0 Å². The van der Waals surface area contributed by atoms with Crippen LogP contribution in [0.2, 0.25) is 0 Å². The van der Waals surface area contributed by atoms with Gasteiger partial charge in [-0.1, -0.05) is 19.1 Å². The summed E-state index contributed by atoms with van der Waals surface area (Å²) in [6.07, 6.45) is 5.75. The van der Waals surface area contributed by atoms with Gasteiger partial charge in [-0.3, -0.25) is 4.99 Å². The predicted octanol–water partition coefficient (Wildman–Crippen LogP) is -6.13. The van der Waals surface area contributed by atoms with Crippen LogP contribution in [0, 0.1) is 0 Å². The average molecular weight is 315 g/mol. The Morgan fingerprint density at radius 2 is 1.81 bits per heavy atom. The molecular weight excluding hydrogens is 296 g/mol. The van der Waals surface area contributed by atoms with E-state index in [4.69, 9.17) is 5.11 Å². The fourth-order valence-electron chi connectivity index (χ4n) is 1.39. The van der Waals surface area contributed by atoms with Crippen molar-refractivity contribution >= 4 is 17.8 Å². The second-order valence-corrected chi connectivity index (χ2v) is 4.06. The topological polar surface area (TPSA) is 113 Å². The fourth-order valence-corrected chi connectivity index (χ4v) is 1.39. The van der Waals surface area contributed by atoms with Crippen LogP contribution in [0.5, 0.6) is 0 Å². The number of aliphatic carboxylic acids is 2. The Morgan fingerprint density at radius 3 is 2.29 bits per heavy atom. The van der Waals surface area contributed by atoms with E-state index < -0.39 is 30.3 Å². The molecule has 0 rings (SSSR count). The third-order valence-electron chi connectivity index (χ3n) is 2.37. The number of rotatable bonds is 10. The number of aliphatic imine (C=N–C) groups is 1. The number of unbranched alkanes of at least 4 members (excludes halogenated alkanes) is 1. The molecule has 6 nitrogen and oxygen atoms in total. The van der Waals surface area contributed by atoms with E-state index in [0.29, 0.717) is 6.42 Å². The first-order chi connectivity index (χ1) is 8.97. The van der Waals surface area contributed by atoms with Crippen LogP contribution >= 0.6 is 0 Å². The molecule has 0 unspecified atom stereocenters. The van der Waals surface area contributed by atoms with Crippen molar-refractivity contribution in [1.82, 2.24) is 0 Å². The van der Waals surface area contributed by atoms with Crippen molar-refractivity contribution < 1.29 is 84.0 Å². The van der Waals surface area contributed by atoms with Crippen molar-refractivity contribution in [2.45, 2.75) is 51.5 Å². The zero-order valence-corrected chi connectivity index (χ0v) is 17.0. The van der Waals surface area contributed by atoms with Crippen LogP contribution in [0.25, 0.3) is 0 Å². The minimum Gasteiger partial charge on any atom is -0.862 e. The molecule has 8 heteroatoms. The molecular formula is C13H19NNa2O5. The van der Waals surface area contributed by atoms with Crippen molar-refractivity contribution in [3.8, 4) is 0 Å². The Hall–Kier alpha value is 0.150. The summed E-state index contributed by atoms with van der Waals surface area (Å²) in [5.41, 5.74) is 0. The van der Waals surface area contributed by atoms with Crippen molar-refractivity contribution in [2.24, 2.45) is 4.99 Å². The monoisotopic (exact) mass is 315 g/mol. The van der Waals surface area contributed by atoms with Crippen LogP contribution in [0.3, 0.4) is 0 Å². The Kier molecular flexibility index (Phi) is 20.5. The maximum absolute atomic E-state index is 11.4. The third kappa shape index (κ3) is 16.3. The molecule has 0 aliphatic heterocycles. The van der Waals surface area contributed by atoms with Crippen molar-refractivity contribution in [1.29, 1.82) is 0 Å². The summed E-state index contributed by atoms with van der Waals surface area (Å²) in [4.78, 5) is 24.6. The van der Waals surface area contributed by atoms with Gasteiger partial charge >= 0.3 is 65.1 Å².